The second-order valence-corrected chi connectivity index (χ2v) is 5.01. The van der Waals surface area contributed by atoms with Crippen molar-refractivity contribution in [2.75, 3.05) is 5.32 Å². The molecule has 1 aromatic heterocycles. The van der Waals surface area contributed by atoms with Crippen molar-refractivity contribution in [3.05, 3.63) is 59.9 Å². The Labute approximate surface area is 105 Å². The van der Waals surface area contributed by atoms with E-state index in [4.69, 9.17) is 0 Å². The van der Waals surface area contributed by atoms with Crippen LogP contribution in [-0.2, 0) is 10.2 Å². The molecule has 88 valence electrons. The number of amides is 1. The highest BCUT2D eigenvalue weighted by Crippen LogP contribution is 2.64. The third-order valence-electron chi connectivity index (χ3n) is 4.11. The minimum Gasteiger partial charge on any atom is -0.325 e. The minimum atomic E-state index is -0.334. The first-order valence-corrected chi connectivity index (χ1v) is 6.13. The summed E-state index contributed by atoms with van der Waals surface area (Å²) in [4.78, 5) is 16.4. The first kappa shape index (κ1) is 9.83. The van der Waals surface area contributed by atoms with Gasteiger partial charge in [0.2, 0.25) is 5.91 Å². The predicted octanol–water partition coefficient (Wildman–Crippen LogP) is 2.46. The molecule has 1 fully saturated rings. The van der Waals surface area contributed by atoms with Crippen molar-refractivity contribution in [1.29, 1.82) is 0 Å². The number of nitrogens with zero attached hydrogens (tertiary/aromatic N) is 1. The fourth-order valence-corrected chi connectivity index (χ4v) is 3.13. The molecule has 1 spiro atoms. The maximum atomic E-state index is 12.3. The van der Waals surface area contributed by atoms with Crippen molar-refractivity contribution in [1.82, 2.24) is 4.98 Å². The maximum absolute atomic E-state index is 12.3. The maximum Gasteiger partial charge on any atom is 0.235 e. The molecular formula is C15H12N2O. The summed E-state index contributed by atoms with van der Waals surface area (Å²) in [6.45, 7) is 0. The number of anilines is 1. The van der Waals surface area contributed by atoms with Crippen LogP contribution in [0.2, 0.25) is 0 Å². The van der Waals surface area contributed by atoms with Gasteiger partial charge in [0, 0.05) is 24.0 Å². The number of hydrogen-bond donors (Lipinski definition) is 1. The highest BCUT2D eigenvalue weighted by atomic mass is 16.2. The van der Waals surface area contributed by atoms with E-state index in [2.05, 4.69) is 22.4 Å². The topological polar surface area (TPSA) is 42.0 Å². The first-order valence-electron chi connectivity index (χ1n) is 6.13. The number of hydrogen-bond acceptors (Lipinski definition) is 2. The number of fused-ring (bicyclic) bond motifs is 2. The Morgan fingerprint density at radius 3 is 2.94 bits per heavy atom. The van der Waals surface area contributed by atoms with Crippen molar-refractivity contribution in [2.24, 2.45) is 0 Å². The van der Waals surface area contributed by atoms with Gasteiger partial charge in [0.1, 0.15) is 0 Å². The number of aromatic nitrogens is 1. The largest absolute Gasteiger partial charge is 0.325 e. The van der Waals surface area contributed by atoms with Gasteiger partial charge in [0.15, 0.2) is 0 Å². The Balaban J connectivity index is 1.81. The number of benzene rings is 1. The van der Waals surface area contributed by atoms with Crippen LogP contribution in [0.4, 0.5) is 5.69 Å². The zero-order valence-electron chi connectivity index (χ0n) is 9.76. The van der Waals surface area contributed by atoms with Crippen LogP contribution in [0, 0.1) is 0 Å². The normalized spacial score (nSPS) is 28.0. The van der Waals surface area contributed by atoms with E-state index in [0.717, 1.165) is 23.2 Å². The predicted molar refractivity (Wildman–Crippen MR) is 68.3 cm³/mol. The summed E-state index contributed by atoms with van der Waals surface area (Å²) < 4.78 is 0. The molecule has 2 atom stereocenters. The van der Waals surface area contributed by atoms with Gasteiger partial charge in [-0.1, -0.05) is 24.3 Å². The van der Waals surface area contributed by atoms with Crippen molar-refractivity contribution in [3.8, 4) is 0 Å². The van der Waals surface area contributed by atoms with E-state index in [9.17, 15) is 4.79 Å². The van der Waals surface area contributed by atoms with Gasteiger partial charge < -0.3 is 5.32 Å². The molecule has 1 amide bonds. The Kier molecular flexibility index (Phi) is 1.74. The smallest absolute Gasteiger partial charge is 0.235 e. The van der Waals surface area contributed by atoms with Gasteiger partial charge in [0.05, 0.1) is 5.41 Å². The molecule has 1 N–H and O–H groups in total. The molecule has 1 aromatic carbocycles. The van der Waals surface area contributed by atoms with Crippen molar-refractivity contribution in [2.45, 2.75) is 17.8 Å². The van der Waals surface area contributed by atoms with E-state index in [0.29, 0.717) is 0 Å². The van der Waals surface area contributed by atoms with Crippen LogP contribution >= 0.6 is 0 Å². The van der Waals surface area contributed by atoms with Crippen LogP contribution in [0.15, 0.2) is 48.8 Å². The monoisotopic (exact) mass is 236 g/mol. The lowest BCUT2D eigenvalue weighted by molar-refractivity contribution is -0.118. The highest BCUT2D eigenvalue weighted by molar-refractivity contribution is 6.09. The highest BCUT2D eigenvalue weighted by Gasteiger charge is 2.65. The first-order chi connectivity index (χ1) is 8.82. The minimum absolute atomic E-state index is 0.137. The molecule has 1 saturated carbocycles. The van der Waals surface area contributed by atoms with Gasteiger partial charge in [-0.3, -0.25) is 9.78 Å². The summed E-state index contributed by atoms with van der Waals surface area (Å²) in [6.07, 6.45) is 4.52. The fourth-order valence-electron chi connectivity index (χ4n) is 3.13. The Morgan fingerprint density at radius 2 is 2.11 bits per heavy atom. The quantitative estimate of drug-likeness (QED) is 0.826. The SMILES string of the molecule is O=C1Nc2ccccc2[C@@]12C[C@@H]2c1cccnc1. The number of carbonyl (C=O) groups is 1. The molecule has 2 aromatic rings. The van der Waals surface area contributed by atoms with Crippen LogP contribution in [0.1, 0.15) is 23.5 Å². The van der Waals surface area contributed by atoms with E-state index in [1.54, 1.807) is 6.20 Å². The van der Waals surface area contributed by atoms with Gasteiger partial charge in [-0.25, -0.2) is 0 Å². The third kappa shape index (κ3) is 1.09. The second-order valence-electron chi connectivity index (χ2n) is 5.01. The summed E-state index contributed by atoms with van der Waals surface area (Å²) in [6, 6.07) is 12.0. The molecule has 18 heavy (non-hydrogen) atoms. The van der Waals surface area contributed by atoms with E-state index in [1.807, 2.05) is 30.5 Å². The molecule has 0 bridgehead atoms. The molecule has 2 aliphatic rings. The Bertz CT molecular complexity index is 638. The molecule has 0 radical (unpaired) electrons. The van der Waals surface area contributed by atoms with Gasteiger partial charge in [-0.05, 0) is 29.7 Å². The summed E-state index contributed by atoms with van der Waals surface area (Å²) in [5.74, 6) is 0.410. The summed E-state index contributed by atoms with van der Waals surface area (Å²) in [7, 11) is 0. The number of rotatable bonds is 1. The zero-order chi connectivity index (χ0) is 12.2. The van der Waals surface area contributed by atoms with Crippen molar-refractivity contribution < 1.29 is 4.79 Å². The van der Waals surface area contributed by atoms with Gasteiger partial charge >= 0.3 is 0 Å². The van der Waals surface area contributed by atoms with Gasteiger partial charge in [-0.15, -0.1) is 0 Å². The molecule has 1 aliphatic heterocycles. The molecule has 1 aliphatic carbocycles. The standard InChI is InChI=1S/C15H12N2O/c18-14-15(11-5-1-2-6-13(11)17-14)8-12(15)10-4-3-7-16-9-10/h1-7,9,12H,8H2,(H,17,18)/t12-,15-/m1/s1. The van der Waals surface area contributed by atoms with E-state index in [-0.39, 0.29) is 17.2 Å². The Morgan fingerprint density at radius 1 is 1.22 bits per heavy atom. The number of nitrogens with one attached hydrogen (secondary N) is 1. The molecule has 3 heteroatoms. The molecular weight excluding hydrogens is 224 g/mol. The van der Waals surface area contributed by atoms with Gasteiger partial charge in [0.25, 0.3) is 0 Å². The zero-order valence-corrected chi connectivity index (χ0v) is 9.76. The lowest BCUT2D eigenvalue weighted by Gasteiger charge is -2.07. The number of pyridine rings is 1. The summed E-state index contributed by atoms with van der Waals surface area (Å²) >= 11 is 0. The summed E-state index contributed by atoms with van der Waals surface area (Å²) in [5.41, 5.74) is 2.93. The van der Waals surface area contributed by atoms with Gasteiger partial charge in [-0.2, -0.15) is 0 Å². The van der Waals surface area contributed by atoms with E-state index < -0.39 is 0 Å². The molecule has 3 nitrogen and oxygen atoms in total. The van der Waals surface area contributed by atoms with Crippen LogP contribution in [0.5, 0.6) is 0 Å². The molecule has 0 unspecified atom stereocenters. The average molecular weight is 236 g/mol. The lowest BCUT2D eigenvalue weighted by Crippen LogP contribution is -2.20. The number of para-hydroxylation sites is 1. The second kappa shape index (κ2) is 3.19. The Hall–Kier alpha value is -2.16. The summed E-state index contributed by atoms with van der Waals surface area (Å²) in [5, 5.41) is 2.99. The molecule has 2 heterocycles. The molecule has 4 rings (SSSR count). The third-order valence-corrected chi connectivity index (χ3v) is 4.11. The van der Waals surface area contributed by atoms with Crippen molar-refractivity contribution in [3.63, 3.8) is 0 Å². The van der Waals surface area contributed by atoms with E-state index in [1.165, 1.54) is 0 Å². The van der Waals surface area contributed by atoms with Crippen molar-refractivity contribution >= 4 is 11.6 Å². The molecule has 0 saturated heterocycles. The number of carbonyl (C=O) groups excluding carboxylic acids is 1. The lowest BCUT2D eigenvalue weighted by atomic mass is 9.93. The van der Waals surface area contributed by atoms with E-state index >= 15 is 0 Å². The average Bonchev–Trinajstić information content (AvgIpc) is 3.10. The van der Waals surface area contributed by atoms with Crippen LogP contribution < -0.4 is 5.32 Å². The fraction of sp³-hybridized carbons (Fsp3) is 0.200. The van der Waals surface area contributed by atoms with Crippen LogP contribution in [-0.4, -0.2) is 10.9 Å². The van der Waals surface area contributed by atoms with Crippen LogP contribution in [0.3, 0.4) is 0 Å². The van der Waals surface area contributed by atoms with Crippen LogP contribution in [0.25, 0.3) is 0 Å².